The van der Waals surface area contributed by atoms with Gasteiger partial charge in [-0.25, -0.2) is 15.0 Å². The number of nitrogens with one attached hydrogen (secondary N) is 2. The molecular weight excluding hydrogens is 561 g/mol. The molecule has 0 radical (unpaired) electrons. The fourth-order valence-corrected chi connectivity index (χ4v) is 4.61. The first-order valence-electron chi connectivity index (χ1n) is 13.2. The van der Waals surface area contributed by atoms with Crippen molar-refractivity contribution in [1.82, 2.24) is 19.9 Å². The molecule has 0 bridgehead atoms. The minimum absolute atomic E-state index is 0.103. The summed E-state index contributed by atoms with van der Waals surface area (Å²) < 4.78 is 45.5. The van der Waals surface area contributed by atoms with Gasteiger partial charge in [-0.05, 0) is 73.0 Å². The topological polar surface area (TPSA) is 122 Å². The SMILES string of the molecule is COc1c(-c2cc(C(=O)Nc3cc(C(F)(F)F)ccn3)ccc2C)cc2cnc(N[C@@H](C)CO)nc2c1-c1ccncc1. The maximum atomic E-state index is 13.2. The van der Waals surface area contributed by atoms with Crippen LogP contribution in [0.3, 0.4) is 0 Å². The Hall–Kier alpha value is -5.10. The van der Waals surface area contributed by atoms with E-state index in [1.54, 1.807) is 43.7 Å². The van der Waals surface area contributed by atoms with Crippen molar-refractivity contribution in [3.63, 3.8) is 0 Å². The highest BCUT2D eigenvalue weighted by atomic mass is 19.4. The highest BCUT2D eigenvalue weighted by Gasteiger charge is 2.31. The Kier molecular flexibility index (Phi) is 8.22. The Morgan fingerprint density at radius 2 is 1.79 bits per heavy atom. The maximum Gasteiger partial charge on any atom is 0.416 e. The van der Waals surface area contributed by atoms with Crippen LogP contribution in [0, 0.1) is 6.92 Å². The first kappa shape index (κ1) is 29.4. The summed E-state index contributed by atoms with van der Waals surface area (Å²) in [5.41, 5.74) is 3.47. The fourth-order valence-electron chi connectivity index (χ4n) is 4.61. The van der Waals surface area contributed by atoms with Gasteiger partial charge >= 0.3 is 6.18 Å². The number of carbonyl (C=O) groups excluding carboxylic acids is 1. The molecule has 0 spiro atoms. The number of hydrogen-bond acceptors (Lipinski definition) is 8. The monoisotopic (exact) mass is 588 g/mol. The zero-order valence-corrected chi connectivity index (χ0v) is 23.4. The second kappa shape index (κ2) is 12.0. The predicted molar refractivity (Wildman–Crippen MR) is 157 cm³/mol. The van der Waals surface area contributed by atoms with Gasteiger partial charge < -0.3 is 20.5 Å². The normalized spacial score (nSPS) is 12.2. The van der Waals surface area contributed by atoms with Crippen LogP contribution in [0.4, 0.5) is 24.9 Å². The largest absolute Gasteiger partial charge is 0.495 e. The Morgan fingerprint density at radius 3 is 2.49 bits per heavy atom. The maximum absolute atomic E-state index is 13.2. The Morgan fingerprint density at radius 1 is 1.02 bits per heavy atom. The minimum Gasteiger partial charge on any atom is -0.495 e. The molecule has 0 unspecified atom stereocenters. The highest BCUT2D eigenvalue weighted by Crippen LogP contribution is 2.44. The van der Waals surface area contributed by atoms with E-state index in [0.717, 1.165) is 29.5 Å². The molecule has 43 heavy (non-hydrogen) atoms. The van der Waals surface area contributed by atoms with E-state index in [9.17, 15) is 23.1 Å². The lowest BCUT2D eigenvalue weighted by molar-refractivity contribution is -0.137. The lowest BCUT2D eigenvalue weighted by Gasteiger charge is -2.19. The number of anilines is 2. The van der Waals surface area contributed by atoms with Crippen molar-refractivity contribution in [1.29, 1.82) is 0 Å². The van der Waals surface area contributed by atoms with E-state index in [4.69, 9.17) is 9.72 Å². The number of carbonyl (C=O) groups is 1. The summed E-state index contributed by atoms with van der Waals surface area (Å²) in [7, 11) is 1.54. The number of amides is 1. The fraction of sp³-hybridized carbons (Fsp3) is 0.194. The van der Waals surface area contributed by atoms with E-state index >= 15 is 0 Å². The van der Waals surface area contributed by atoms with Crippen LogP contribution in [0.15, 0.2) is 73.3 Å². The molecule has 0 aliphatic heterocycles. The van der Waals surface area contributed by atoms with Crippen LogP contribution in [0.25, 0.3) is 33.2 Å². The van der Waals surface area contributed by atoms with Gasteiger partial charge in [0.1, 0.15) is 11.6 Å². The first-order valence-corrected chi connectivity index (χ1v) is 13.2. The second-order valence-electron chi connectivity index (χ2n) is 9.84. The van der Waals surface area contributed by atoms with Gasteiger partial charge in [-0.15, -0.1) is 0 Å². The summed E-state index contributed by atoms with van der Waals surface area (Å²) in [5.74, 6) is -0.0301. The van der Waals surface area contributed by atoms with Crippen LogP contribution in [0.1, 0.15) is 28.4 Å². The van der Waals surface area contributed by atoms with E-state index in [0.29, 0.717) is 39.3 Å². The quantitative estimate of drug-likeness (QED) is 0.198. The lowest BCUT2D eigenvalue weighted by atomic mass is 9.91. The van der Waals surface area contributed by atoms with Gasteiger partial charge in [0, 0.05) is 47.3 Å². The van der Waals surface area contributed by atoms with Gasteiger partial charge in [0.25, 0.3) is 5.91 Å². The van der Waals surface area contributed by atoms with Gasteiger partial charge in [-0.3, -0.25) is 9.78 Å². The predicted octanol–water partition coefficient (Wildman–Crippen LogP) is 6.13. The number of hydrogen-bond donors (Lipinski definition) is 3. The van der Waals surface area contributed by atoms with Crippen molar-refractivity contribution in [3.8, 4) is 28.0 Å². The standard InChI is InChI=1S/C31H27F3N6O3/c1-17-4-5-20(29(42)39-25-14-22(8-11-36-25)31(32,33)34)12-23(17)24-13-21-15-37-30(38-18(2)16-41)40-27(21)26(28(24)43-3)19-6-9-35-10-7-19/h4-15,18,41H,16H2,1-3H3,(H,36,39,42)(H,37,38,40)/t18-/m0/s1. The van der Waals surface area contributed by atoms with Crippen molar-refractivity contribution < 1.29 is 27.8 Å². The van der Waals surface area contributed by atoms with Crippen LogP contribution >= 0.6 is 0 Å². The van der Waals surface area contributed by atoms with Crippen LogP contribution < -0.4 is 15.4 Å². The molecule has 0 aliphatic carbocycles. The molecule has 1 atom stereocenters. The molecule has 12 heteroatoms. The number of pyridine rings is 2. The van der Waals surface area contributed by atoms with E-state index in [-0.39, 0.29) is 24.0 Å². The van der Waals surface area contributed by atoms with Crippen molar-refractivity contribution >= 4 is 28.6 Å². The third-order valence-corrected chi connectivity index (χ3v) is 6.77. The molecule has 0 aliphatic rings. The molecule has 5 rings (SSSR count). The molecule has 9 nitrogen and oxygen atoms in total. The third kappa shape index (κ3) is 6.24. The van der Waals surface area contributed by atoms with Gasteiger partial charge in [0.15, 0.2) is 0 Å². The molecule has 3 aromatic heterocycles. The number of fused-ring (bicyclic) bond motifs is 1. The molecule has 1 amide bonds. The van der Waals surface area contributed by atoms with Gasteiger partial charge in [-0.2, -0.15) is 13.2 Å². The van der Waals surface area contributed by atoms with Gasteiger partial charge in [0.2, 0.25) is 5.95 Å². The number of nitrogens with zero attached hydrogens (tertiary/aromatic N) is 4. The molecule has 0 fully saturated rings. The number of ether oxygens (including phenoxy) is 1. The van der Waals surface area contributed by atoms with E-state index < -0.39 is 17.6 Å². The van der Waals surface area contributed by atoms with Crippen molar-refractivity contribution in [3.05, 3.63) is 90.0 Å². The summed E-state index contributed by atoms with van der Waals surface area (Å²) >= 11 is 0. The number of aliphatic hydroxyl groups is 1. The number of halogens is 3. The Labute approximate surface area is 244 Å². The highest BCUT2D eigenvalue weighted by molar-refractivity contribution is 6.06. The molecule has 3 heterocycles. The number of alkyl halides is 3. The average Bonchev–Trinajstić information content (AvgIpc) is 3.00. The minimum atomic E-state index is -4.57. The van der Waals surface area contributed by atoms with Crippen LogP contribution in [0.2, 0.25) is 0 Å². The van der Waals surface area contributed by atoms with Crippen molar-refractivity contribution in [2.75, 3.05) is 24.4 Å². The first-order chi connectivity index (χ1) is 20.6. The smallest absolute Gasteiger partial charge is 0.416 e. The summed E-state index contributed by atoms with van der Waals surface area (Å²) in [6.07, 6.45) is 1.38. The third-order valence-electron chi connectivity index (χ3n) is 6.77. The Balaban J connectivity index is 1.63. The number of rotatable bonds is 8. The van der Waals surface area contributed by atoms with Crippen molar-refractivity contribution in [2.45, 2.75) is 26.1 Å². The molecular formula is C31H27F3N6O3. The second-order valence-corrected chi connectivity index (χ2v) is 9.84. The number of aromatic nitrogens is 4. The number of aryl methyl sites for hydroxylation is 1. The number of methoxy groups -OCH3 is 1. The Bertz CT molecular complexity index is 1800. The summed E-state index contributed by atoms with van der Waals surface area (Å²) in [5, 5.41) is 15.7. The molecule has 2 aromatic carbocycles. The molecule has 5 aromatic rings. The molecule has 0 saturated carbocycles. The van der Waals surface area contributed by atoms with Crippen LogP contribution in [0.5, 0.6) is 5.75 Å². The summed E-state index contributed by atoms with van der Waals surface area (Å²) in [6.45, 7) is 3.57. The summed E-state index contributed by atoms with van der Waals surface area (Å²) in [6, 6.07) is 11.8. The van der Waals surface area contributed by atoms with Crippen LogP contribution in [-0.4, -0.2) is 50.7 Å². The van der Waals surface area contributed by atoms with Crippen LogP contribution in [-0.2, 0) is 6.18 Å². The zero-order valence-electron chi connectivity index (χ0n) is 23.4. The summed E-state index contributed by atoms with van der Waals surface area (Å²) in [4.78, 5) is 30.3. The number of aliphatic hydroxyl groups excluding tert-OH is 1. The van der Waals surface area contributed by atoms with Gasteiger partial charge in [-0.1, -0.05) is 6.07 Å². The average molecular weight is 589 g/mol. The molecule has 0 saturated heterocycles. The van der Waals surface area contributed by atoms with Crippen molar-refractivity contribution in [2.24, 2.45) is 0 Å². The van der Waals surface area contributed by atoms with E-state index in [2.05, 4.69) is 25.6 Å². The number of benzene rings is 2. The molecule has 220 valence electrons. The van der Waals surface area contributed by atoms with E-state index in [1.165, 1.54) is 7.11 Å². The van der Waals surface area contributed by atoms with E-state index in [1.807, 2.05) is 25.1 Å². The molecule has 3 N–H and O–H groups in total. The zero-order chi connectivity index (χ0) is 30.7. The lowest BCUT2D eigenvalue weighted by Crippen LogP contribution is -2.20. The van der Waals surface area contributed by atoms with Gasteiger partial charge in [0.05, 0.1) is 30.4 Å².